The summed E-state index contributed by atoms with van der Waals surface area (Å²) in [6, 6.07) is 1.73. The minimum absolute atomic E-state index is 0. The van der Waals surface area contributed by atoms with Crippen LogP contribution in [-0.4, -0.2) is 34.0 Å². The van der Waals surface area contributed by atoms with Gasteiger partial charge in [-0.3, -0.25) is 9.78 Å². The second-order valence-corrected chi connectivity index (χ2v) is 5.87. The summed E-state index contributed by atoms with van der Waals surface area (Å²) in [4.78, 5) is 23.0. The number of carbonyl (C=O) groups is 1. The number of nitrogens with two attached hydrogens (primary N) is 1. The average molecular weight is 325 g/mol. The molecule has 1 saturated heterocycles. The van der Waals surface area contributed by atoms with Gasteiger partial charge >= 0.3 is 0 Å². The summed E-state index contributed by atoms with van der Waals surface area (Å²) in [5.74, 6) is -0.182. The molecule has 0 aliphatic carbocycles. The summed E-state index contributed by atoms with van der Waals surface area (Å²) in [5.41, 5.74) is 7.25. The maximum Gasteiger partial charge on any atom is 0.286 e. The first-order chi connectivity index (χ1) is 9.74. The van der Waals surface area contributed by atoms with Crippen molar-refractivity contribution in [1.82, 2.24) is 9.88 Å². The fourth-order valence-electron chi connectivity index (χ4n) is 2.30. The highest BCUT2D eigenvalue weighted by atomic mass is 35.5. The molecule has 2 N–H and O–H groups in total. The quantitative estimate of drug-likeness (QED) is 0.804. The number of anilines is 1. The number of nitrogens with zero attached hydrogens (tertiary/aromatic N) is 3. The van der Waals surface area contributed by atoms with Crippen molar-refractivity contribution >= 4 is 47.0 Å². The van der Waals surface area contributed by atoms with Crippen molar-refractivity contribution in [2.24, 2.45) is 4.99 Å². The molecular weight excluding hydrogens is 308 g/mol. The molecule has 7 heteroatoms. The molecule has 0 unspecified atom stereocenters. The molecule has 0 atom stereocenters. The number of hydrogen-bond acceptors (Lipinski definition) is 5. The Hall–Kier alpha value is -1.53. The predicted molar refractivity (Wildman–Crippen MR) is 89.3 cm³/mol. The van der Waals surface area contributed by atoms with E-state index in [4.69, 9.17) is 5.73 Å². The Morgan fingerprint density at radius 2 is 2.05 bits per heavy atom. The van der Waals surface area contributed by atoms with Gasteiger partial charge in [-0.1, -0.05) is 0 Å². The van der Waals surface area contributed by atoms with Crippen LogP contribution in [0.25, 0.3) is 6.08 Å². The molecule has 1 aromatic rings. The van der Waals surface area contributed by atoms with Gasteiger partial charge in [-0.15, -0.1) is 12.4 Å². The van der Waals surface area contributed by atoms with E-state index in [1.54, 1.807) is 24.5 Å². The number of aliphatic imine (C=N–C) groups is 1. The van der Waals surface area contributed by atoms with E-state index < -0.39 is 0 Å². The summed E-state index contributed by atoms with van der Waals surface area (Å²) in [6.07, 6.45) is 8.67. The van der Waals surface area contributed by atoms with E-state index in [0.29, 0.717) is 10.6 Å². The van der Waals surface area contributed by atoms with Crippen molar-refractivity contribution in [3.63, 3.8) is 0 Å². The Balaban J connectivity index is 0.00000161. The van der Waals surface area contributed by atoms with Gasteiger partial charge in [0.25, 0.3) is 5.91 Å². The SMILES string of the molecule is Cl.Nc1ccncc1C=C1SC(N2CCCCC2)=NC1=O. The molecule has 0 aromatic carbocycles. The number of hydrogen-bond donors (Lipinski definition) is 1. The molecule has 1 fully saturated rings. The standard InChI is InChI=1S/C14H16N4OS.ClH/c15-11-4-5-16-9-10(11)8-12-13(19)17-14(20-12)18-6-2-1-3-7-18;/h4-5,8-9H,1-3,6-7H2,(H2,15,16);1H. The zero-order valence-electron chi connectivity index (χ0n) is 11.5. The van der Waals surface area contributed by atoms with Crippen LogP contribution in [0.15, 0.2) is 28.4 Å². The Morgan fingerprint density at radius 3 is 2.76 bits per heavy atom. The first-order valence-corrected chi connectivity index (χ1v) is 7.53. The highest BCUT2D eigenvalue weighted by Gasteiger charge is 2.26. The van der Waals surface area contributed by atoms with Gasteiger partial charge in [0.1, 0.15) is 0 Å². The van der Waals surface area contributed by atoms with Crippen molar-refractivity contribution < 1.29 is 4.79 Å². The molecule has 1 aromatic heterocycles. The van der Waals surface area contributed by atoms with E-state index in [1.807, 2.05) is 0 Å². The fraction of sp³-hybridized carbons (Fsp3) is 0.357. The van der Waals surface area contributed by atoms with Crippen LogP contribution in [0, 0.1) is 0 Å². The molecule has 0 saturated carbocycles. The molecule has 21 heavy (non-hydrogen) atoms. The number of halogens is 1. The van der Waals surface area contributed by atoms with E-state index in [2.05, 4.69) is 14.9 Å². The largest absolute Gasteiger partial charge is 0.398 e. The monoisotopic (exact) mass is 324 g/mol. The molecule has 1 amide bonds. The third-order valence-corrected chi connectivity index (χ3v) is 4.45. The van der Waals surface area contributed by atoms with Crippen LogP contribution >= 0.6 is 24.2 Å². The van der Waals surface area contributed by atoms with Gasteiger partial charge in [0.2, 0.25) is 0 Å². The van der Waals surface area contributed by atoms with Crippen LogP contribution in [0.1, 0.15) is 24.8 Å². The molecule has 0 bridgehead atoms. The van der Waals surface area contributed by atoms with Gasteiger partial charge in [0.15, 0.2) is 5.17 Å². The maximum atomic E-state index is 12.0. The Kier molecular flexibility index (Phi) is 5.25. The molecule has 112 valence electrons. The van der Waals surface area contributed by atoms with Gasteiger partial charge in [0, 0.05) is 36.7 Å². The molecule has 3 heterocycles. The van der Waals surface area contributed by atoms with Crippen molar-refractivity contribution in [2.75, 3.05) is 18.8 Å². The molecule has 3 rings (SSSR count). The van der Waals surface area contributed by atoms with Crippen molar-refractivity contribution in [1.29, 1.82) is 0 Å². The third kappa shape index (κ3) is 3.57. The normalized spacial score (nSPS) is 20.4. The lowest BCUT2D eigenvalue weighted by atomic mass is 10.1. The number of aromatic nitrogens is 1. The first-order valence-electron chi connectivity index (χ1n) is 6.71. The van der Waals surface area contributed by atoms with E-state index >= 15 is 0 Å². The van der Waals surface area contributed by atoms with Crippen LogP contribution in [-0.2, 0) is 4.79 Å². The van der Waals surface area contributed by atoms with E-state index in [-0.39, 0.29) is 18.3 Å². The first kappa shape index (κ1) is 15.9. The summed E-state index contributed by atoms with van der Waals surface area (Å²) < 4.78 is 0. The average Bonchev–Trinajstić information content (AvgIpc) is 2.84. The van der Waals surface area contributed by atoms with E-state index in [9.17, 15) is 4.79 Å². The number of nitrogen functional groups attached to an aromatic ring is 1. The van der Waals surface area contributed by atoms with Gasteiger partial charge in [0.05, 0.1) is 4.91 Å². The highest BCUT2D eigenvalue weighted by molar-refractivity contribution is 8.18. The Bertz CT molecular complexity index is 596. The third-order valence-electron chi connectivity index (χ3n) is 3.41. The number of carbonyl (C=O) groups excluding carboxylic acids is 1. The molecule has 0 radical (unpaired) electrons. The van der Waals surface area contributed by atoms with Gasteiger partial charge in [-0.2, -0.15) is 4.99 Å². The number of piperidine rings is 1. The Labute approximate surface area is 134 Å². The summed E-state index contributed by atoms with van der Waals surface area (Å²) in [7, 11) is 0. The highest BCUT2D eigenvalue weighted by Crippen LogP contribution is 2.32. The van der Waals surface area contributed by atoms with Gasteiger partial charge in [-0.05, 0) is 43.2 Å². The number of amidine groups is 1. The van der Waals surface area contributed by atoms with E-state index in [0.717, 1.165) is 23.8 Å². The molecule has 2 aliphatic heterocycles. The molecule has 0 spiro atoms. The summed E-state index contributed by atoms with van der Waals surface area (Å²) in [6.45, 7) is 1.98. The van der Waals surface area contributed by atoms with Crippen molar-refractivity contribution in [2.45, 2.75) is 19.3 Å². The summed E-state index contributed by atoms with van der Waals surface area (Å²) >= 11 is 1.43. The van der Waals surface area contributed by atoms with Gasteiger partial charge < -0.3 is 10.6 Å². The van der Waals surface area contributed by atoms with Crippen LogP contribution in [0.2, 0.25) is 0 Å². The molecule has 2 aliphatic rings. The van der Waals surface area contributed by atoms with Crippen LogP contribution < -0.4 is 5.73 Å². The lowest BCUT2D eigenvalue weighted by molar-refractivity contribution is -0.113. The minimum Gasteiger partial charge on any atom is -0.398 e. The van der Waals surface area contributed by atoms with Crippen molar-refractivity contribution in [3.8, 4) is 0 Å². The fourth-order valence-corrected chi connectivity index (χ4v) is 3.25. The zero-order chi connectivity index (χ0) is 13.9. The smallest absolute Gasteiger partial charge is 0.286 e. The molecular formula is C14H17ClN4OS. The number of thioether (sulfide) groups is 1. The number of amides is 1. The Morgan fingerprint density at radius 1 is 1.29 bits per heavy atom. The molecule has 5 nitrogen and oxygen atoms in total. The zero-order valence-corrected chi connectivity index (χ0v) is 13.1. The van der Waals surface area contributed by atoms with Gasteiger partial charge in [-0.25, -0.2) is 0 Å². The van der Waals surface area contributed by atoms with E-state index in [1.165, 1.54) is 31.0 Å². The lowest BCUT2D eigenvalue weighted by Crippen LogP contribution is -2.33. The second-order valence-electron chi connectivity index (χ2n) is 4.86. The number of likely N-dealkylation sites (tertiary alicyclic amines) is 1. The number of pyridine rings is 1. The van der Waals surface area contributed by atoms with Crippen LogP contribution in [0.3, 0.4) is 0 Å². The topological polar surface area (TPSA) is 71.6 Å². The minimum atomic E-state index is -0.182. The van der Waals surface area contributed by atoms with Crippen LogP contribution in [0.4, 0.5) is 5.69 Å². The maximum absolute atomic E-state index is 12.0. The second kappa shape index (κ2) is 6.95. The predicted octanol–water partition coefficient (Wildman–Crippen LogP) is 2.54. The number of rotatable bonds is 1. The van der Waals surface area contributed by atoms with Crippen LogP contribution in [0.5, 0.6) is 0 Å². The van der Waals surface area contributed by atoms with Crippen molar-refractivity contribution in [3.05, 3.63) is 28.9 Å². The summed E-state index contributed by atoms with van der Waals surface area (Å²) in [5, 5.41) is 0.823. The lowest BCUT2D eigenvalue weighted by Gasteiger charge is -2.27.